The van der Waals surface area contributed by atoms with Crippen LogP contribution >= 0.6 is 0 Å². The van der Waals surface area contributed by atoms with E-state index < -0.39 is 0 Å². The third kappa shape index (κ3) is 2.91. The molecule has 3 rings (SSSR count). The van der Waals surface area contributed by atoms with Gasteiger partial charge in [-0.05, 0) is 55.7 Å². The monoisotopic (exact) mass is 289 g/mol. The van der Waals surface area contributed by atoms with Crippen molar-refractivity contribution in [2.75, 3.05) is 26.3 Å². The highest BCUT2D eigenvalue weighted by atomic mass is 16.5. The fourth-order valence-electron chi connectivity index (χ4n) is 3.41. The molecular weight excluding hydrogens is 266 g/mol. The molecule has 2 heterocycles. The zero-order valence-corrected chi connectivity index (χ0v) is 12.6. The molecule has 4 nitrogen and oxygen atoms in total. The van der Waals surface area contributed by atoms with Crippen LogP contribution in [0.3, 0.4) is 0 Å². The SMILES string of the molecule is Cc1ccc(C(=O)N2CCC3(CCOCC3)CC2)cc1O. The molecule has 0 radical (unpaired) electrons. The highest BCUT2D eigenvalue weighted by Crippen LogP contribution is 2.40. The number of hydrogen-bond donors (Lipinski definition) is 1. The maximum atomic E-state index is 12.5. The first-order valence-electron chi connectivity index (χ1n) is 7.76. The summed E-state index contributed by atoms with van der Waals surface area (Å²) in [6.45, 7) is 5.18. The zero-order chi connectivity index (χ0) is 14.9. The smallest absolute Gasteiger partial charge is 0.253 e. The Morgan fingerprint density at radius 3 is 2.48 bits per heavy atom. The van der Waals surface area contributed by atoms with E-state index in [0.717, 1.165) is 57.6 Å². The maximum Gasteiger partial charge on any atom is 0.253 e. The number of carbonyl (C=O) groups excluding carboxylic acids is 1. The summed E-state index contributed by atoms with van der Waals surface area (Å²) in [5.74, 6) is 0.228. The summed E-state index contributed by atoms with van der Waals surface area (Å²) >= 11 is 0. The van der Waals surface area contributed by atoms with E-state index >= 15 is 0 Å². The van der Waals surface area contributed by atoms with E-state index in [-0.39, 0.29) is 11.7 Å². The molecule has 2 fully saturated rings. The minimum Gasteiger partial charge on any atom is -0.508 e. The van der Waals surface area contributed by atoms with Crippen molar-refractivity contribution in [3.63, 3.8) is 0 Å². The number of hydrogen-bond acceptors (Lipinski definition) is 3. The molecule has 1 spiro atoms. The molecular formula is C17H23NO3. The number of phenolic OH excluding ortho intramolecular Hbond substituents is 1. The Morgan fingerprint density at radius 2 is 1.86 bits per heavy atom. The number of ether oxygens (including phenoxy) is 1. The summed E-state index contributed by atoms with van der Waals surface area (Å²) in [6, 6.07) is 5.18. The lowest BCUT2D eigenvalue weighted by atomic mass is 9.72. The molecule has 0 aliphatic carbocycles. The van der Waals surface area contributed by atoms with Gasteiger partial charge in [0, 0.05) is 31.9 Å². The fourth-order valence-corrected chi connectivity index (χ4v) is 3.41. The van der Waals surface area contributed by atoms with Gasteiger partial charge in [0.2, 0.25) is 0 Å². The van der Waals surface area contributed by atoms with E-state index in [9.17, 15) is 9.90 Å². The van der Waals surface area contributed by atoms with Crippen molar-refractivity contribution < 1.29 is 14.6 Å². The van der Waals surface area contributed by atoms with Gasteiger partial charge in [-0.3, -0.25) is 4.79 Å². The number of rotatable bonds is 1. The van der Waals surface area contributed by atoms with Gasteiger partial charge in [-0.15, -0.1) is 0 Å². The lowest BCUT2D eigenvalue weighted by molar-refractivity contribution is -0.0175. The molecule has 1 N–H and O–H groups in total. The standard InChI is InChI=1S/C17H23NO3/c1-13-2-3-14(12-15(13)19)16(20)18-8-4-17(5-9-18)6-10-21-11-7-17/h2-3,12,19H,4-11H2,1H3. The average molecular weight is 289 g/mol. The van der Waals surface area contributed by atoms with E-state index in [1.165, 1.54) is 0 Å². The van der Waals surface area contributed by atoms with Crippen LogP contribution in [0.15, 0.2) is 18.2 Å². The third-order valence-electron chi connectivity index (χ3n) is 5.12. The van der Waals surface area contributed by atoms with Crippen LogP contribution in [0.5, 0.6) is 5.75 Å². The Kier molecular flexibility index (Phi) is 3.89. The molecule has 0 aromatic heterocycles. The molecule has 2 saturated heterocycles. The van der Waals surface area contributed by atoms with E-state index in [1.54, 1.807) is 18.2 Å². The average Bonchev–Trinajstić information content (AvgIpc) is 2.51. The number of nitrogens with zero attached hydrogens (tertiary/aromatic N) is 1. The second-order valence-corrected chi connectivity index (χ2v) is 6.41. The number of aryl methyl sites for hydroxylation is 1. The number of likely N-dealkylation sites (tertiary alicyclic amines) is 1. The molecule has 4 heteroatoms. The second-order valence-electron chi connectivity index (χ2n) is 6.41. The molecule has 0 unspecified atom stereocenters. The quantitative estimate of drug-likeness (QED) is 0.865. The Balaban J connectivity index is 1.65. The maximum absolute atomic E-state index is 12.5. The minimum atomic E-state index is 0.0345. The van der Waals surface area contributed by atoms with Crippen molar-refractivity contribution >= 4 is 5.91 Å². The molecule has 114 valence electrons. The molecule has 1 aromatic rings. The van der Waals surface area contributed by atoms with E-state index in [2.05, 4.69) is 0 Å². The lowest BCUT2D eigenvalue weighted by Crippen LogP contribution is -2.45. The number of phenols is 1. The van der Waals surface area contributed by atoms with Crippen LogP contribution in [-0.4, -0.2) is 42.2 Å². The molecule has 0 atom stereocenters. The van der Waals surface area contributed by atoms with Crippen molar-refractivity contribution in [3.8, 4) is 5.75 Å². The highest BCUT2D eigenvalue weighted by molar-refractivity contribution is 5.94. The predicted molar refractivity (Wildman–Crippen MR) is 80.5 cm³/mol. The van der Waals surface area contributed by atoms with Crippen molar-refractivity contribution in [1.82, 2.24) is 4.90 Å². The molecule has 0 saturated carbocycles. The fraction of sp³-hybridized carbons (Fsp3) is 0.588. The number of amides is 1. The zero-order valence-electron chi connectivity index (χ0n) is 12.6. The number of aromatic hydroxyl groups is 1. The van der Waals surface area contributed by atoms with E-state index in [0.29, 0.717) is 11.0 Å². The first kappa shape index (κ1) is 14.4. The van der Waals surface area contributed by atoms with Crippen molar-refractivity contribution in [2.45, 2.75) is 32.6 Å². The van der Waals surface area contributed by atoms with Crippen LogP contribution in [-0.2, 0) is 4.74 Å². The topological polar surface area (TPSA) is 49.8 Å². The molecule has 0 bridgehead atoms. The van der Waals surface area contributed by atoms with Crippen molar-refractivity contribution in [2.24, 2.45) is 5.41 Å². The number of piperidine rings is 1. The van der Waals surface area contributed by atoms with Crippen LogP contribution in [0.25, 0.3) is 0 Å². The Bertz CT molecular complexity index is 525. The third-order valence-corrected chi connectivity index (χ3v) is 5.12. The molecule has 1 amide bonds. The van der Waals surface area contributed by atoms with Gasteiger partial charge in [-0.1, -0.05) is 6.07 Å². The van der Waals surface area contributed by atoms with Gasteiger partial charge in [0.15, 0.2) is 0 Å². The highest BCUT2D eigenvalue weighted by Gasteiger charge is 2.37. The van der Waals surface area contributed by atoms with Crippen molar-refractivity contribution in [3.05, 3.63) is 29.3 Å². The second kappa shape index (κ2) is 5.68. The first-order chi connectivity index (χ1) is 10.1. The van der Waals surface area contributed by atoms with Crippen LogP contribution in [0.1, 0.15) is 41.6 Å². The summed E-state index contributed by atoms with van der Waals surface area (Å²) in [7, 11) is 0. The molecule has 21 heavy (non-hydrogen) atoms. The van der Waals surface area contributed by atoms with Gasteiger partial charge in [0.25, 0.3) is 5.91 Å². The van der Waals surface area contributed by atoms with Crippen LogP contribution in [0, 0.1) is 12.3 Å². The van der Waals surface area contributed by atoms with Gasteiger partial charge in [-0.25, -0.2) is 0 Å². The van der Waals surface area contributed by atoms with Gasteiger partial charge in [-0.2, -0.15) is 0 Å². The summed E-state index contributed by atoms with van der Waals surface area (Å²) in [6.07, 6.45) is 4.39. The van der Waals surface area contributed by atoms with Crippen LogP contribution in [0.4, 0.5) is 0 Å². The van der Waals surface area contributed by atoms with Gasteiger partial charge in [0.1, 0.15) is 5.75 Å². The Hall–Kier alpha value is -1.55. The number of carbonyl (C=O) groups is 1. The largest absolute Gasteiger partial charge is 0.508 e. The molecule has 1 aromatic carbocycles. The summed E-state index contributed by atoms with van der Waals surface area (Å²) in [5, 5.41) is 9.76. The first-order valence-corrected chi connectivity index (χ1v) is 7.76. The predicted octanol–water partition coefficient (Wildman–Crippen LogP) is 2.73. The van der Waals surface area contributed by atoms with Gasteiger partial charge >= 0.3 is 0 Å². The van der Waals surface area contributed by atoms with E-state index in [1.807, 2.05) is 11.8 Å². The van der Waals surface area contributed by atoms with Crippen molar-refractivity contribution in [1.29, 1.82) is 0 Å². The van der Waals surface area contributed by atoms with Gasteiger partial charge < -0.3 is 14.7 Å². The summed E-state index contributed by atoms with van der Waals surface area (Å²) in [4.78, 5) is 14.4. The Morgan fingerprint density at radius 1 is 1.19 bits per heavy atom. The Labute approximate surface area is 125 Å². The normalized spacial score (nSPS) is 21.5. The summed E-state index contributed by atoms with van der Waals surface area (Å²) in [5.41, 5.74) is 1.78. The van der Waals surface area contributed by atoms with Gasteiger partial charge in [0.05, 0.1) is 0 Å². The minimum absolute atomic E-state index is 0.0345. The van der Waals surface area contributed by atoms with E-state index in [4.69, 9.17) is 4.74 Å². The number of benzene rings is 1. The van der Waals surface area contributed by atoms with Crippen LogP contribution in [0.2, 0.25) is 0 Å². The lowest BCUT2D eigenvalue weighted by Gasteiger charge is -2.44. The molecule has 2 aliphatic rings. The molecule has 2 aliphatic heterocycles. The van der Waals surface area contributed by atoms with Crippen LogP contribution < -0.4 is 0 Å². The summed E-state index contributed by atoms with van der Waals surface area (Å²) < 4.78 is 5.46.